The summed E-state index contributed by atoms with van der Waals surface area (Å²) in [6.45, 7) is 0.473. The first-order chi connectivity index (χ1) is 11.3. The van der Waals surface area contributed by atoms with Gasteiger partial charge in [-0.05, 0) is 24.3 Å². The van der Waals surface area contributed by atoms with Crippen molar-refractivity contribution >= 4 is 5.52 Å². The lowest BCUT2D eigenvalue weighted by Crippen LogP contribution is -1.97. The van der Waals surface area contributed by atoms with E-state index in [1.807, 2.05) is 54.3 Å². The Hall–Kier alpha value is -3.15. The molecule has 0 amide bonds. The number of aromatic nitrogens is 5. The Labute approximate surface area is 133 Å². The molecule has 0 fully saturated rings. The Kier molecular flexibility index (Phi) is 3.27. The third-order valence-corrected chi connectivity index (χ3v) is 3.58. The Morgan fingerprint density at radius 2 is 2.13 bits per heavy atom. The second kappa shape index (κ2) is 5.57. The summed E-state index contributed by atoms with van der Waals surface area (Å²) in [6.07, 6.45) is 9.21. The number of hydrogen-bond acceptors (Lipinski definition) is 4. The van der Waals surface area contributed by atoms with Crippen molar-refractivity contribution in [3.8, 4) is 17.0 Å². The van der Waals surface area contributed by atoms with E-state index >= 15 is 0 Å². The molecule has 0 unspecified atom stereocenters. The van der Waals surface area contributed by atoms with Crippen molar-refractivity contribution in [2.75, 3.05) is 0 Å². The van der Waals surface area contributed by atoms with Crippen LogP contribution in [0, 0.1) is 0 Å². The van der Waals surface area contributed by atoms with Gasteiger partial charge in [0.05, 0.1) is 11.9 Å². The van der Waals surface area contributed by atoms with E-state index < -0.39 is 0 Å². The van der Waals surface area contributed by atoms with Gasteiger partial charge in [-0.2, -0.15) is 10.2 Å². The maximum absolute atomic E-state index is 5.94. The Balaban J connectivity index is 1.66. The van der Waals surface area contributed by atoms with Crippen LogP contribution in [0.4, 0.5) is 0 Å². The van der Waals surface area contributed by atoms with Crippen LogP contribution in [-0.2, 0) is 13.7 Å². The van der Waals surface area contributed by atoms with Gasteiger partial charge < -0.3 is 4.74 Å². The summed E-state index contributed by atoms with van der Waals surface area (Å²) >= 11 is 0. The highest BCUT2D eigenvalue weighted by Gasteiger charge is 2.10. The van der Waals surface area contributed by atoms with Crippen LogP contribution in [-0.4, -0.2) is 24.4 Å². The minimum absolute atomic E-state index is 0.473. The van der Waals surface area contributed by atoms with E-state index in [0.717, 1.165) is 28.1 Å². The first-order valence-corrected chi connectivity index (χ1v) is 7.29. The zero-order chi connectivity index (χ0) is 15.6. The normalized spacial score (nSPS) is 11.0. The second-order valence-electron chi connectivity index (χ2n) is 5.28. The third-order valence-electron chi connectivity index (χ3n) is 3.58. The summed E-state index contributed by atoms with van der Waals surface area (Å²) in [5.41, 5.74) is 3.81. The molecule has 4 heterocycles. The van der Waals surface area contributed by atoms with E-state index in [4.69, 9.17) is 4.74 Å². The van der Waals surface area contributed by atoms with E-state index in [1.165, 1.54) is 0 Å². The van der Waals surface area contributed by atoms with Crippen molar-refractivity contribution in [2.45, 2.75) is 6.61 Å². The van der Waals surface area contributed by atoms with E-state index in [1.54, 1.807) is 23.3 Å². The van der Waals surface area contributed by atoms with Crippen LogP contribution in [0.25, 0.3) is 16.8 Å². The van der Waals surface area contributed by atoms with Crippen LogP contribution in [0.5, 0.6) is 5.75 Å². The van der Waals surface area contributed by atoms with Gasteiger partial charge in [0, 0.05) is 43.0 Å². The zero-order valence-electron chi connectivity index (χ0n) is 12.6. The summed E-state index contributed by atoms with van der Waals surface area (Å²) in [5, 5.41) is 8.77. The Morgan fingerprint density at radius 3 is 2.91 bits per heavy atom. The Bertz CT molecular complexity index is 942. The highest BCUT2D eigenvalue weighted by atomic mass is 16.5. The third kappa shape index (κ3) is 2.66. The molecule has 0 bridgehead atoms. The highest BCUT2D eigenvalue weighted by molar-refractivity contribution is 5.69. The van der Waals surface area contributed by atoms with Gasteiger partial charge in [-0.15, -0.1) is 0 Å². The SMILES string of the molecule is Cn1cc(-c2cc3c(OCc4cccnc4)cccn3n2)cn1. The smallest absolute Gasteiger partial charge is 0.145 e. The van der Waals surface area contributed by atoms with Gasteiger partial charge in [0.25, 0.3) is 0 Å². The summed E-state index contributed by atoms with van der Waals surface area (Å²) in [6, 6.07) is 9.77. The van der Waals surface area contributed by atoms with Crippen molar-refractivity contribution in [3.63, 3.8) is 0 Å². The van der Waals surface area contributed by atoms with E-state index in [-0.39, 0.29) is 0 Å². The zero-order valence-corrected chi connectivity index (χ0v) is 12.6. The van der Waals surface area contributed by atoms with Crippen molar-refractivity contribution in [3.05, 3.63) is 66.9 Å². The molecule has 0 N–H and O–H groups in total. The van der Waals surface area contributed by atoms with E-state index in [0.29, 0.717) is 6.61 Å². The van der Waals surface area contributed by atoms with Gasteiger partial charge in [-0.1, -0.05) is 6.07 Å². The van der Waals surface area contributed by atoms with Crippen LogP contribution >= 0.6 is 0 Å². The predicted molar refractivity (Wildman–Crippen MR) is 86.0 cm³/mol. The van der Waals surface area contributed by atoms with Crippen molar-refractivity contribution < 1.29 is 4.74 Å². The first kappa shape index (κ1) is 13.5. The Morgan fingerprint density at radius 1 is 1.17 bits per heavy atom. The minimum Gasteiger partial charge on any atom is -0.487 e. The standard InChI is InChI=1S/C17H15N5O/c1-21-11-14(10-19-21)15-8-16-17(5-3-7-22(16)20-15)23-12-13-4-2-6-18-9-13/h2-11H,12H2,1H3. The van der Waals surface area contributed by atoms with Gasteiger partial charge in [-0.25, -0.2) is 4.52 Å². The van der Waals surface area contributed by atoms with Crippen LogP contribution in [0.3, 0.4) is 0 Å². The highest BCUT2D eigenvalue weighted by Crippen LogP contribution is 2.25. The largest absolute Gasteiger partial charge is 0.487 e. The summed E-state index contributed by atoms with van der Waals surface area (Å²) in [7, 11) is 1.89. The van der Waals surface area contributed by atoms with Crippen LogP contribution in [0.2, 0.25) is 0 Å². The fourth-order valence-electron chi connectivity index (χ4n) is 2.45. The van der Waals surface area contributed by atoms with Crippen molar-refractivity contribution in [1.29, 1.82) is 0 Å². The number of rotatable bonds is 4. The molecule has 4 aromatic rings. The molecule has 114 valence electrons. The summed E-state index contributed by atoms with van der Waals surface area (Å²) in [5.74, 6) is 0.791. The lowest BCUT2D eigenvalue weighted by atomic mass is 10.2. The maximum Gasteiger partial charge on any atom is 0.145 e. The van der Waals surface area contributed by atoms with Gasteiger partial charge in [0.15, 0.2) is 0 Å². The molecule has 0 saturated carbocycles. The molecule has 6 nitrogen and oxygen atoms in total. The molecular formula is C17H15N5O. The summed E-state index contributed by atoms with van der Waals surface area (Å²) in [4.78, 5) is 4.10. The van der Waals surface area contributed by atoms with E-state index in [9.17, 15) is 0 Å². The molecule has 4 rings (SSSR count). The number of aryl methyl sites for hydroxylation is 1. The average molecular weight is 305 g/mol. The molecule has 0 aromatic carbocycles. The molecule has 23 heavy (non-hydrogen) atoms. The lowest BCUT2D eigenvalue weighted by molar-refractivity contribution is 0.308. The topological polar surface area (TPSA) is 57.2 Å². The minimum atomic E-state index is 0.473. The number of pyridine rings is 2. The molecule has 0 atom stereocenters. The average Bonchev–Trinajstić information content (AvgIpc) is 3.20. The van der Waals surface area contributed by atoms with Gasteiger partial charge >= 0.3 is 0 Å². The molecular weight excluding hydrogens is 290 g/mol. The van der Waals surface area contributed by atoms with Crippen molar-refractivity contribution in [1.82, 2.24) is 24.4 Å². The number of hydrogen-bond donors (Lipinski definition) is 0. The van der Waals surface area contributed by atoms with Crippen LogP contribution in [0.1, 0.15) is 5.56 Å². The fourth-order valence-corrected chi connectivity index (χ4v) is 2.45. The summed E-state index contributed by atoms with van der Waals surface area (Å²) < 4.78 is 9.52. The monoisotopic (exact) mass is 305 g/mol. The van der Waals surface area contributed by atoms with E-state index in [2.05, 4.69) is 15.2 Å². The van der Waals surface area contributed by atoms with Gasteiger partial charge in [0.1, 0.15) is 17.9 Å². The fraction of sp³-hybridized carbons (Fsp3) is 0.118. The number of nitrogens with zero attached hydrogens (tertiary/aromatic N) is 5. The van der Waals surface area contributed by atoms with Gasteiger partial charge in [0.2, 0.25) is 0 Å². The molecule has 0 radical (unpaired) electrons. The molecule has 0 saturated heterocycles. The van der Waals surface area contributed by atoms with Gasteiger partial charge in [-0.3, -0.25) is 9.67 Å². The number of ether oxygens (including phenoxy) is 1. The molecule has 0 spiro atoms. The molecule has 0 aliphatic carbocycles. The second-order valence-corrected chi connectivity index (χ2v) is 5.28. The number of fused-ring (bicyclic) bond motifs is 1. The van der Waals surface area contributed by atoms with Crippen LogP contribution < -0.4 is 4.74 Å². The quantitative estimate of drug-likeness (QED) is 0.582. The molecule has 0 aliphatic heterocycles. The van der Waals surface area contributed by atoms with Crippen LogP contribution in [0.15, 0.2) is 61.3 Å². The lowest BCUT2D eigenvalue weighted by Gasteiger charge is -2.07. The molecule has 6 heteroatoms. The van der Waals surface area contributed by atoms with Crippen molar-refractivity contribution in [2.24, 2.45) is 7.05 Å². The predicted octanol–water partition coefficient (Wildman–Crippen LogP) is 2.71. The molecule has 0 aliphatic rings. The maximum atomic E-state index is 5.94. The molecule has 4 aromatic heterocycles. The first-order valence-electron chi connectivity index (χ1n) is 7.29.